The van der Waals surface area contributed by atoms with Crippen molar-refractivity contribution in [1.29, 1.82) is 0 Å². The second kappa shape index (κ2) is 8.08. The van der Waals surface area contributed by atoms with Crippen LogP contribution in [0, 0.1) is 11.8 Å². The standard InChI is InChI=1S/C14H16ClF3N2O2.ClH/c1-22-12-3-2-8(4-11(12)15)5-20-13(21)9-6-19-7-10(9)14(16,17)18;/h2-4,9-10,19H,5-7H2,1H3,(H,20,21);1H/t9-,10-;/m1./s1. The van der Waals surface area contributed by atoms with E-state index < -0.39 is 23.9 Å². The van der Waals surface area contributed by atoms with E-state index in [1.165, 1.54) is 7.11 Å². The first-order valence-electron chi connectivity index (χ1n) is 6.70. The number of hydrogen-bond donors (Lipinski definition) is 2. The third-order valence-corrected chi connectivity index (χ3v) is 3.95. The molecule has 1 saturated heterocycles. The summed E-state index contributed by atoms with van der Waals surface area (Å²) >= 11 is 5.96. The summed E-state index contributed by atoms with van der Waals surface area (Å²) in [6.45, 7) is -0.0844. The fraction of sp³-hybridized carbons (Fsp3) is 0.500. The van der Waals surface area contributed by atoms with Crippen LogP contribution >= 0.6 is 24.0 Å². The third-order valence-electron chi connectivity index (χ3n) is 3.65. The van der Waals surface area contributed by atoms with Gasteiger partial charge in [0.05, 0.1) is 24.0 Å². The summed E-state index contributed by atoms with van der Waals surface area (Å²) in [6, 6.07) is 4.94. The summed E-state index contributed by atoms with van der Waals surface area (Å²) < 4.78 is 43.5. The summed E-state index contributed by atoms with van der Waals surface area (Å²) in [4.78, 5) is 12.0. The Labute approximate surface area is 143 Å². The molecule has 0 bridgehead atoms. The highest BCUT2D eigenvalue weighted by molar-refractivity contribution is 6.32. The molecule has 1 aliphatic rings. The molecule has 1 heterocycles. The molecule has 1 fully saturated rings. The molecule has 1 amide bonds. The Kier molecular flexibility index (Phi) is 6.98. The number of rotatable bonds is 4. The third kappa shape index (κ3) is 4.89. The van der Waals surface area contributed by atoms with Gasteiger partial charge in [-0.15, -0.1) is 12.4 Å². The van der Waals surface area contributed by atoms with Gasteiger partial charge in [-0.25, -0.2) is 0 Å². The molecule has 2 rings (SSSR count). The number of methoxy groups -OCH3 is 1. The van der Waals surface area contributed by atoms with Gasteiger partial charge in [-0.2, -0.15) is 13.2 Å². The predicted octanol–water partition coefficient (Wildman–Crippen LogP) is 2.78. The lowest BCUT2D eigenvalue weighted by Crippen LogP contribution is -2.39. The molecule has 2 N–H and O–H groups in total. The van der Waals surface area contributed by atoms with Crippen molar-refractivity contribution in [2.45, 2.75) is 12.7 Å². The van der Waals surface area contributed by atoms with E-state index >= 15 is 0 Å². The van der Waals surface area contributed by atoms with Gasteiger partial charge in [-0.05, 0) is 17.7 Å². The number of halogens is 5. The maximum absolute atomic E-state index is 12.8. The van der Waals surface area contributed by atoms with Gasteiger partial charge in [0.15, 0.2) is 0 Å². The number of benzene rings is 1. The quantitative estimate of drug-likeness (QED) is 0.854. The number of nitrogens with one attached hydrogen (secondary N) is 2. The van der Waals surface area contributed by atoms with Gasteiger partial charge in [0, 0.05) is 19.6 Å². The van der Waals surface area contributed by atoms with Crippen LogP contribution in [0.2, 0.25) is 5.02 Å². The summed E-state index contributed by atoms with van der Waals surface area (Å²) in [7, 11) is 1.48. The van der Waals surface area contributed by atoms with Gasteiger partial charge in [0.1, 0.15) is 5.75 Å². The molecule has 0 saturated carbocycles. The molecule has 1 aliphatic heterocycles. The predicted molar refractivity (Wildman–Crippen MR) is 83.0 cm³/mol. The van der Waals surface area contributed by atoms with Crippen LogP contribution in [0.25, 0.3) is 0 Å². The Morgan fingerprint density at radius 2 is 2.13 bits per heavy atom. The van der Waals surface area contributed by atoms with Crippen molar-refractivity contribution in [2.24, 2.45) is 11.8 Å². The molecule has 1 aromatic carbocycles. The number of alkyl halides is 3. The highest BCUT2D eigenvalue weighted by Crippen LogP contribution is 2.34. The molecule has 130 valence electrons. The Morgan fingerprint density at radius 3 is 2.70 bits per heavy atom. The van der Waals surface area contributed by atoms with E-state index in [1.54, 1.807) is 18.2 Å². The van der Waals surface area contributed by atoms with Crippen molar-refractivity contribution in [1.82, 2.24) is 10.6 Å². The first-order valence-corrected chi connectivity index (χ1v) is 7.08. The molecule has 0 spiro atoms. The summed E-state index contributed by atoms with van der Waals surface area (Å²) in [5.41, 5.74) is 0.689. The van der Waals surface area contributed by atoms with Crippen molar-refractivity contribution in [3.8, 4) is 5.75 Å². The van der Waals surface area contributed by atoms with Crippen molar-refractivity contribution in [3.05, 3.63) is 28.8 Å². The van der Waals surface area contributed by atoms with Crippen molar-refractivity contribution >= 4 is 29.9 Å². The van der Waals surface area contributed by atoms with Crippen molar-refractivity contribution in [2.75, 3.05) is 20.2 Å². The number of hydrogen-bond acceptors (Lipinski definition) is 3. The van der Waals surface area contributed by atoms with E-state index in [2.05, 4.69) is 10.6 Å². The average molecular weight is 373 g/mol. The zero-order valence-corrected chi connectivity index (χ0v) is 13.8. The maximum Gasteiger partial charge on any atom is 0.393 e. The maximum atomic E-state index is 12.8. The minimum absolute atomic E-state index is 0. The van der Waals surface area contributed by atoms with Crippen LogP contribution in [0.15, 0.2) is 18.2 Å². The van der Waals surface area contributed by atoms with Crippen LogP contribution in [0.5, 0.6) is 5.75 Å². The van der Waals surface area contributed by atoms with Crippen LogP contribution in [0.1, 0.15) is 5.56 Å². The minimum atomic E-state index is -4.38. The van der Waals surface area contributed by atoms with Crippen LogP contribution in [-0.2, 0) is 11.3 Å². The number of amides is 1. The minimum Gasteiger partial charge on any atom is -0.495 e. The van der Waals surface area contributed by atoms with E-state index in [1.807, 2.05) is 0 Å². The summed E-state index contributed by atoms with van der Waals surface area (Å²) in [6.07, 6.45) is -4.38. The van der Waals surface area contributed by atoms with Crippen LogP contribution in [-0.4, -0.2) is 32.3 Å². The zero-order chi connectivity index (χ0) is 16.3. The van der Waals surface area contributed by atoms with E-state index in [4.69, 9.17) is 16.3 Å². The average Bonchev–Trinajstić information content (AvgIpc) is 2.94. The van der Waals surface area contributed by atoms with Gasteiger partial charge in [0.25, 0.3) is 0 Å². The molecule has 0 radical (unpaired) electrons. The molecule has 2 atom stereocenters. The van der Waals surface area contributed by atoms with Crippen molar-refractivity contribution in [3.63, 3.8) is 0 Å². The van der Waals surface area contributed by atoms with Gasteiger partial charge in [-0.1, -0.05) is 17.7 Å². The fourth-order valence-electron chi connectivity index (χ4n) is 2.44. The second-order valence-corrected chi connectivity index (χ2v) is 5.51. The number of ether oxygens (including phenoxy) is 1. The van der Waals surface area contributed by atoms with Gasteiger partial charge >= 0.3 is 6.18 Å². The van der Waals surface area contributed by atoms with Gasteiger partial charge in [-0.3, -0.25) is 4.79 Å². The molecule has 23 heavy (non-hydrogen) atoms. The first-order chi connectivity index (χ1) is 10.3. The molecule has 4 nitrogen and oxygen atoms in total. The van der Waals surface area contributed by atoms with E-state index in [9.17, 15) is 18.0 Å². The summed E-state index contributed by atoms with van der Waals surface area (Å²) in [5, 5.41) is 5.52. The summed E-state index contributed by atoms with van der Waals surface area (Å²) in [5.74, 6) is -2.87. The molecule has 1 aromatic rings. The fourth-order valence-corrected chi connectivity index (χ4v) is 2.72. The topological polar surface area (TPSA) is 50.4 Å². The van der Waals surface area contributed by atoms with E-state index in [-0.39, 0.29) is 32.0 Å². The second-order valence-electron chi connectivity index (χ2n) is 5.10. The molecule has 0 aromatic heterocycles. The van der Waals surface area contributed by atoms with Crippen LogP contribution in [0.4, 0.5) is 13.2 Å². The van der Waals surface area contributed by atoms with Gasteiger partial charge < -0.3 is 15.4 Å². The van der Waals surface area contributed by atoms with Gasteiger partial charge in [0.2, 0.25) is 5.91 Å². The zero-order valence-electron chi connectivity index (χ0n) is 12.2. The monoisotopic (exact) mass is 372 g/mol. The lowest BCUT2D eigenvalue weighted by molar-refractivity contribution is -0.182. The smallest absolute Gasteiger partial charge is 0.393 e. The number of carbonyl (C=O) groups is 1. The molecular weight excluding hydrogens is 356 g/mol. The Balaban J connectivity index is 0.00000264. The Bertz CT molecular complexity index is 555. The Morgan fingerprint density at radius 1 is 1.43 bits per heavy atom. The van der Waals surface area contributed by atoms with E-state index in [0.29, 0.717) is 16.3 Å². The van der Waals surface area contributed by atoms with Crippen LogP contribution in [0.3, 0.4) is 0 Å². The Hall–Kier alpha value is -1.18. The van der Waals surface area contributed by atoms with Crippen LogP contribution < -0.4 is 15.4 Å². The molecule has 0 aliphatic carbocycles. The van der Waals surface area contributed by atoms with Crippen molar-refractivity contribution < 1.29 is 22.7 Å². The lowest BCUT2D eigenvalue weighted by Gasteiger charge is -2.20. The largest absolute Gasteiger partial charge is 0.495 e. The molecule has 0 unspecified atom stereocenters. The highest BCUT2D eigenvalue weighted by atomic mass is 35.5. The molecular formula is C14H17Cl2F3N2O2. The number of carbonyl (C=O) groups excluding carboxylic acids is 1. The molecule has 9 heteroatoms. The SMILES string of the molecule is COc1ccc(CNC(=O)[C@@H]2CNC[C@H]2C(F)(F)F)cc1Cl.Cl. The lowest BCUT2D eigenvalue weighted by atomic mass is 9.94. The normalized spacial score (nSPS) is 20.7. The first kappa shape index (κ1) is 19.9. The highest BCUT2D eigenvalue weighted by Gasteiger charge is 2.49. The van der Waals surface area contributed by atoms with E-state index in [0.717, 1.165) is 0 Å².